The second-order valence-corrected chi connectivity index (χ2v) is 3.12. The van der Waals surface area contributed by atoms with E-state index in [-0.39, 0.29) is 19.6 Å². The van der Waals surface area contributed by atoms with Crippen LogP contribution in [0.25, 0.3) is 0 Å². The molecule has 0 aliphatic carbocycles. The van der Waals surface area contributed by atoms with Gasteiger partial charge in [0.2, 0.25) is 5.78 Å². The lowest BCUT2D eigenvalue weighted by atomic mass is 10.2. The van der Waals surface area contributed by atoms with Crippen LogP contribution in [0.2, 0.25) is 0 Å². The summed E-state index contributed by atoms with van der Waals surface area (Å²) in [6, 6.07) is -0.905. The number of hydrogen-bond acceptors (Lipinski definition) is 5. The summed E-state index contributed by atoms with van der Waals surface area (Å²) in [5.74, 6) is -2.19. The topological polar surface area (TPSA) is 107 Å². The van der Waals surface area contributed by atoms with E-state index in [4.69, 9.17) is 15.6 Å². The third-order valence-electron chi connectivity index (χ3n) is 1.75. The zero-order valence-electron chi connectivity index (χ0n) is 8.56. The summed E-state index contributed by atoms with van der Waals surface area (Å²) in [4.78, 5) is 31.5. The average Bonchev–Trinajstić information content (AvgIpc) is 2.16. The normalized spacial score (nSPS) is 12.1. The highest BCUT2D eigenvalue weighted by atomic mass is 16.5. The third kappa shape index (κ3) is 6.75. The van der Waals surface area contributed by atoms with Gasteiger partial charge in [0.05, 0.1) is 0 Å². The van der Waals surface area contributed by atoms with Crippen LogP contribution in [0.5, 0.6) is 0 Å². The van der Waals surface area contributed by atoms with Gasteiger partial charge in [-0.3, -0.25) is 14.4 Å². The molecule has 3 N–H and O–H groups in total. The van der Waals surface area contributed by atoms with E-state index in [0.29, 0.717) is 6.42 Å². The van der Waals surface area contributed by atoms with Crippen LogP contribution in [0.1, 0.15) is 19.8 Å². The van der Waals surface area contributed by atoms with Crippen LogP contribution in [-0.4, -0.2) is 41.9 Å². The second kappa shape index (κ2) is 7.08. The highest BCUT2D eigenvalue weighted by Crippen LogP contribution is 1.95. The van der Waals surface area contributed by atoms with E-state index in [0.717, 1.165) is 0 Å². The Morgan fingerprint density at radius 2 is 2.00 bits per heavy atom. The second-order valence-electron chi connectivity index (χ2n) is 3.12. The smallest absolute Gasteiger partial charge is 0.320 e. The number of carboxylic acids is 1. The summed E-state index contributed by atoms with van der Waals surface area (Å²) < 4.78 is 4.87. The van der Waals surface area contributed by atoms with Crippen LogP contribution in [0.15, 0.2) is 0 Å². The first-order chi connectivity index (χ1) is 6.95. The lowest BCUT2D eigenvalue weighted by molar-refractivity contribution is -0.139. The fourth-order valence-electron chi connectivity index (χ4n) is 0.795. The zero-order chi connectivity index (χ0) is 11.8. The summed E-state index contributed by atoms with van der Waals surface area (Å²) >= 11 is 0. The minimum Gasteiger partial charge on any atom is -0.480 e. The van der Waals surface area contributed by atoms with Crippen molar-refractivity contribution in [3.63, 3.8) is 0 Å². The number of hydrogen-bond donors (Lipinski definition) is 2. The fourth-order valence-corrected chi connectivity index (χ4v) is 0.795. The highest BCUT2D eigenvalue weighted by Gasteiger charge is 2.11. The first-order valence-corrected chi connectivity index (χ1v) is 4.55. The molecule has 0 aliphatic rings. The number of ketones is 2. The van der Waals surface area contributed by atoms with E-state index < -0.39 is 23.6 Å². The molecule has 1 atom stereocenters. The van der Waals surface area contributed by atoms with E-state index in [1.165, 1.54) is 6.92 Å². The number of rotatable bonds is 8. The molecule has 0 aliphatic heterocycles. The lowest BCUT2D eigenvalue weighted by Gasteiger charge is -2.05. The molecule has 0 saturated heterocycles. The molecule has 0 spiro atoms. The number of aliphatic carboxylic acids is 1. The van der Waals surface area contributed by atoms with Crippen LogP contribution in [0, 0.1) is 0 Å². The molecule has 0 aromatic rings. The van der Waals surface area contributed by atoms with Crippen molar-refractivity contribution in [1.82, 2.24) is 0 Å². The van der Waals surface area contributed by atoms with Crippen molar-refractivity contribution < 1.29 is 24.2 Å². The third-order valence-corrected chi connectivity index (χ3v) is 1.75. The Bertz CT molecular complexity index is 251. The number of carbonyl (C=O) groups excluding carboxylic acids is 2. The van der Waals surface area contributed by atoms with Crippen molar-refractivity contribution >= 4 is 17.5 Å². The maximum atomic E-state index is 10.8. The number of carbonyl (C=O) groups is 3. The van der Waals surface area contributed by atoms with Gasteiger partial charge in [-0.1, -0.05) is 0 Å². The van der Waals surface area contributed by atoms with Gasteiger partial charge in [-0.05, 0) is 12.8 Å². The Labute approximate surface area is 87.4 Å². The van der Waals surface area contributed by atoms with E-state index in [1.807, 2.05) is 0 Å². The van der Waals surface area contributed by atoms with Crippen molar-refractivity contribution in [3.05, 3.63) is 0 Å². The average molecular weight is 217 g/mol. The highest BCUT2D eigenvalue weighted by molar-refractivity contribution is 6.36. The van der Waals surface area contributed by atoms with Gasteiger partial charge in [0, 0.05) is 13.5 Å². The largest absolute Gasteiger partial charge is 0.480 e. The van der Waals surface area contributed by atoms with E-state index in [9.17, 15) is 14.4 Å². The molecule has 0 heterocycles. The van der Waals surface area contributed by atoms with Gasteiger partial charge in [0.15, 0.2) is 5.78 Å². The summed E-state index contributed by atoms with van der Waals surface area (Å²) in [7, 11) is 0. The van der Waals surface area contributed by atoms with Crippen molar-refractivity contribution in [3.8, 4) is 0 Å². The molecule has 0 radical (unpaired) electrons. The molecule has 15 heavy (non-hydrogen) atoms. The molecular weight excluding hydrogens is 202 g/mol. The number of Topliss-reactive ketones (excluding diaryl/α,β-unsaturated/α-hetero) is 2. The van der Waals surface area contributed by atoms with Gasteiger partial charge in [-0.25, -0.2) is 0 Å². The molecule has 0 fully saturated rings. The Kier molecular flexibility index (Phi) is 6.48. The monoisotopic (exact) mass is 217 g/mol. The predicted octanol–water partition coefficient (Wildman–Crippen LogP) is -0.647. The van der Waals surface area contributed by atoms with Crippen molar-refractivity contribution in [2.45, 2.75) is 25.8 Å². The molecule has 86 valence electrons. The van der Waals surface area contributed by atoms with E-state index >= 15 is 0 Å². The first kappa shape index (κ1) is 13.7. The maximum absolute atomic E-state index is 10.8. The van der Waals surface area contributed by atoms with Gasteiger partial charge in [0.25, 0.3) is 0 Å². The quantitative estimate of drug-likeness (QED) is 0.413. The summed E-state index contributed by atoms with van der Waals surface area (Å²) in [6.07, 6.45) is 0.724. The van der Waals surface area contributed by atoms with Crippen LogP contribution >= 0.6 is 0 Å². The van der Waals surface area contributed by atoms with Crippen LogP contribution in [-0.2, 0) is 19.1 Å². The molecule has 1 unspecified atom stereocenters. The molecule has 0 amide bonds. The van der Waals surface area contributed by atoms with Crippen molar-refractivity contribution in [2.24, 2.45) is 5.73 Å². The summed E-state index contributed by atoms with van der Waals surface area (Å²) in [5.41, 5.74) is 5.23. The molecule has 6 heteroatoms. The van der Waals surface area contributed by atoms with Gasteiger partial charge in [-0.15, -0.1) is 0 Å². The van der Waals surface area contributed by atoms with Crippen LogP contribution in [0.4, 0.5) is 0 Å². The predicted molar refractivity (Wildman–Crippen MR) is 51.4 cm³/mol. The minimum absolute atomic E-state index is 0.222. The molecule has 6 nitrogen and oxygen atoms in total. The lowest BCUT2D eigenvalue weighted by Crippen LogP contribution is -2.30. The Morgan fingerprint density at radius 1 is 1.40 bits per heavy atom. The molecule has 0 aromatic heterocycles. The van der Waals surface area contributed by atoms with E-state index in [1.54, 1.807) is 0 Å². The summed E-state index contributed by atoms with van der Waals surface area (Å²) in [5, 5.41) is 8.43. The fraction of sp³-hybridized carbons (Fsp3) is 0.667. The first-order valence-electron chi connectivity index (χ1n) is 4.55. The minimum atomic E-state index is -1.06. The SMILES string of the molecule is CC(=O)C(=O)COCCCC(N)C(=O)O. The molecule has 0 saturated carbocycles. The summed E-state index contributed by atoms with van der Waals surface area (Å²) in [6.45, 7) is 1.14. The van der Waals surface area contributed by atoms with Crippen molar-refractivity contribution in [1.29, 1.82) is 0 Å². The van der Waals surface area contributed by atoms with Crippen molar-refractivity contribution in [2.75, 3.05) is 13.2 Å². The Balaban J connectivity index is 3.44. The van der Waals surface area contributed by atoms with E-state index in [2.05, 4.69) is 0 Å². The standard InChI is InChI=1S/C9H15NO5/c1-6(11)8(12)5-15-4-2-3-7(10)9(13)14/h7H,2-5,10H2,1H3,(H,13,14). The van der Waals surface area contributed by atoms with Crippen LogP contribution < -0.4 is 5.73 Å². The molecule has 0 rings (SSSR count). The van der Waals surface area contributed by atoms with Gasteiger partial charge < -0.3 is 15.6 Å². The van der Waals surface area contributed by atoms with Crippen LogP contribution in [0.3, 0.4) is 0 Å². The zero-order valence-corrected chi connectivity index (χ0v) is 8.56. The van der Waals surface area contributed by atoms with Gasteiger partial charge in [0.1, 0.15) is 12.6 Å². The molecular formula is C9H15NO5. The maximum Gasteiger partial charge on any atom is 0.320 e. The Hall–Kier alpha value is -1.27. The van der Waals surface area contributed by atoms with Gasteiger partial charge >= 0.3 is 5.97 Å². The van der Waals surface area contributed by atoms with Gasteiger partial charge in [-0.2, -0.15) is 0 Å². The number of carboxylic acid groups (broad SMARTS) is 1. The molecule has 0 bridgehead atoms. The number of nitrogens with two attached hydrogens (primary N) is 1. The Morgan fingerprint density at radius 3 is 2.47 bits per heavy atom. The number of ether oxygens (including phenoxy) is 1. The molecule has 0 aromatic carbocycles.